The molecule has 4 rings (SSSR count). The quantitative estimate of drug-likeness (QED) is 0.758. The highest BCUT2D eigenvalue weighted by molar-refractivity contribution is 6.01. The maximum atomic E-state index is 13.2. The summed E-state index contributed by atoms with van der Waals surface area (Å²) >= 11 is 0. The van der Waals surface area contributed by atoms with Gasteiger partial charge in [0.2, 0.25) is 11.8 Å². The van der Waals surface area contributed by atoms with Crippen LogP contribution in [0.25, 0.3) is 0 Å². The van der Waals surface area contributed by atoms with Crippen molar-refractivity contribution in [2.75, 3.05) is 42.5 Å². The van der Waals surface area contributed by atoms with Gasteiger partial charge < -0.3 is 14.7 Å². The van der Waals surface area contributed by atoms with Crippen molar-refractivity contribution in [2.24, 2.45) is 5.92 Å². The number of carbonyl (C=O) groups is 2. The zero-order valence-corrected chi connectivity index (χ0v) is 18.0. The zero-order valence-electron chi connectivity index (χ0n) is 18.0. The van der Waals surface area contributed by atoms with Crippen LogP contribution in [-0.4, -0.2) is 49.4 Å². The highest BCUT2D eigenvalue weighted by atomic mass is 16.2. The lowest BCUT2D eigenvalue weighted by Gasteiger charge is -2.37. The van der Waals surface area contributed by atoms with Gasteiger partial charge in [-0.2, -0.15) is 0 Å². The predicted octanol–water partition coefficient (Wildman–Crippen LogP) is 3.90. The number of nitrogens with zero attached hydrogens (tertiary/aromatic N) is 3. The average Bonchev–Trinajstić information content (AvgIpc) is 3.20. The number of benzene rings is 2. The second-order valence-electron chi connectivity index (χ2n) is 8.42. The molecule has 2 aromatic rings. The molecule has 0 bridgehead atoms. The van der Waals surface area contributed by atoms with Gasteiger partial charge in [-0.3, -0.25) is 9.59 Å². The number of rotatable bonds is 5. The van der Waals surface area contributed by atoms with Crippen LogP contribution in [0.15, 0.2) is 54.6 Å². The Morgan fingerprint density at radius 1 is 1.00 bits per heavy atom. The molecular formula is C25H31N3O2. The van der Waals surface area contributed by atoms with E-state index in [2.05, 4.69) is 36.9 Å². The molecule has 0 aromatic heterocycles. The number of anilines is 2. The molecule has 0 unspecified atom stereocenters. The van der Waals surface area contributed by atoms with Crippen LogP contribution >= 0.6 is 0 Å². The van der Waals surface area contributed by atoms with Crippen LogP contribution in [0.1, 0.15) is 38.2 Å². The standard InChI is InChI=1S/C25H31N3O2/c1-3-19(2)22-11-7-8-12-23(22)28-18-20(17-24(28)29)25(30)27-15-13-26(14-16-27)21-9-5-4-6-10-21/h4-12,19-20H,3,13-18H2,1-2H3/t19-,20+/m0/s1. The Bertz CT molecular complexity index is 890. The Morgan fingerprint density at radius 2 is 1.67 bits per heavy atom. The summed E-state index contributed by atoms with van der Waals surface area (Å²) in [7, 11) is 0. The molecule has 0 radical (unpaired) electrons. The first-order chi connectivity index (χ1) is 14.6. The van der Waals surface area contributed by atoms with E-state index in [1.165, 1.54) is 11.3 Å². The van der Waals surface area contributed by atoms with Crippen molar-refractivity contribution in [3.05, 3.63) is 60.2 Å². The van der Waals surface area contributed by atoms with Gasteiger partial charge in [0.25, 0.3) is 0 Å². The van der Waals surface area contributed by atoms with E-state index in [9.17, 15) is 9.59 Å². The molecular weight excluding hydrogens is 374 g/mol. The summed E-state index contributed by atoms with van der Waals surface area (Å²) < 4.78 is 0. The summed E-state index contributed by atoms with van der Waals surface area (Å²) in [6, 6.07) is 18.5. The fourth-order valence-electron chi connectivity index (χ4n) is 4.56. The van der Waals surface area contributed by atoms with Gasteiger partial charge in [0, 0.05) is 50.5 Å². The number of hydrogen-bond donors (Lipinski definition) is 0. The summed E-state index contributed by atoms with van der Waals surface area (Å²) in [5.41, 5.74) is 3.37. The van der Waals surface area contributed by atoms with E-state index in [0.717, 1.165) is 25.2 Å². The molecule has 2 fully saturated rings. The number of piperazine rings is 1. The summed E-state index contributed by atoms with van der Waals surface area (Å²) in [6.07, 6.45) is 1.33. The molecule has 5 heteroatoms. The third-order valence-corrected chi connectivity index (χ3v) is 6.56. The number of hydrogen-bond acceptors (Lipinski definition) is 3. The molecule has 0 spiro atoms. The van der Waals surface area contributed by atoms with Gasteiger partial charge in [-0.15, -0.1) is 0 Å². The highest BCUT2D eigenvalue weighted by Gasteiger charge is 2.38. The van der Waals surface area contributed by atoms with Crippen molar-refractivity contribution < 1.29 is 9.59 Å². The van der Waals surface area contributed by atoms with E-state index in [4.69, 9.17) is 0 Å². The van der Waals surface area contributed by atoms with Gasteiger partial charge in [-0.25, -0.2) is 0 Å². The van der Waals surface area contributed by atoms with Crippen LogP contribution in [0.3, 0.4) is 0 Å². The molecule has 2 heterocycles. The fourth-order valence-corrected chi connectivity index (χ4v) is 4.56. The minimum atomic E-state index is -0.245. The summed E-state index contributed by atoms with van der Waals surface area (Å²) in [6.45, 7) is 7.92. The van der Waals surface area contributed by atoms with Crippen LogP contribution in [0.5, 0.6) is 0 Å². The molecule has 2 aromatic carbocycles. The minimum Gasteiger partial charge on any atom is -0.368 e. The minimum absolute atomic E-state index is 0.0621. The average molecular weight is 406 g/mol. The second kappa shape index (κ2) is 8.90. The maximum absolute atomic E-state index is 13.2. The highest BCUT2D eigenvalue weighted by Crippen LogP contribution is 2.34. The summed E-state index contributed by atoms with van der Waals surface area (Å²) in [5, 5.41) is 0. The van der Waals surface area contributed by atoms with Gasteiger partial charge in [0.05, 0.1) is 5.92 Å². The number of carbonyl (C=O) groups excluding carboxylic acids is 2. The van der Waals surface area contributed by atoms with Crippen LogP contribution in [0, 0.1) is 5.92 Å². The molecule has 2 amide bonds. The van der Waals surface area contributed by atoms with Crippen molar-refractivity contribution in [3.63, 3.8) is 0 Å². The SMILES string of the molecule is CC[C@H](C)c1ccccc1N1C[C@H](C(=O)N2CCN(c3ccccc3)CC2)CC1=O. The van der Waals surface area contributed by atoms with Crippen molar-refractivity contribution in [1.29, 1.82) is 0 Å². The Morgan fingerprint density at radius 3 is 2.37 bits per heavy atom. The first kappa shape index (κ1) is 20.5. The van der Waals surface area contributed by atoms with Crippen LogP contribution in [0.2, 0.25) is 0 Å². The van der Waals surface area contributed by atoms with Crippen LogP contribution < -0.4 is 9.80 Å². The van der Waals surface area contributed by atoms with Crippen molar-refractivity contribution in [3.8, 4) is 0 Å². The van der Waals surface area contributed by atoms with Crippen LogP contribution in [-0.2, 0) is 9.59 Å². The lowest BCUT2D eigenvalue weighted by molar-refractivity contribution is -0.136. The number of para-hydroxylation sites is 2. The molecule has 2 aliphatic rings. The molecule has 0 N–H and O–H groups in total. The second-order valence-corrected chi connectivity index (χ2v) is 8.42. The topological polar surface area (TPSA) is 43.9 Å². The fraction of sp³-hybridized carbons (Fsp3) is 0.440. The van der Waals surface area contributed by atoms with Crippen LogP contribution in [0.4, 0.5) is 11.4 Å². The third-order valence-electron chi connectivity index (χ3n) is 6.56. The van der Waals surface area contributed by atoms with Gasteiger partial charge in [0.1, 0.15) is 0 Å². The summed E-state index contributed by atoms with van der Waals surface area (Å²) in [4.78, 5) is 32.1. The van der Waals surface area contributed by atoms with Gasteiger partial charge in [0.15, 0.2) is 0 Å². The molecule has 5 nitrogen and oxygen atoms in total. The van der Waals surface area contributed by atoms with E-state index in [-0.39, 0.29) is 17.7 Å². The van der Waals surface area contributed by atoms with Crippen molar-refractivity contribution in [2.45, 2.75) is 32.6 Å². The lowest BCUT2D eigenvalue weighted by atomic mass is 9.96. The molecule has 0 aliphatic carbocycles. The van der Waals surface area contributed by atoms with E-state index in [0.29, 0.717) is 32.0 Å². The first-order valence-corrected chi connectivity index (χ1v) is 11.1. The van der Waals surface area contributed by atoms with E-state index in [1.54, 1.807) is 0 Å². The molecule has 0 saturated carbocycles. The Kier molecular flexibility index (Phi) is 6.07. The Balaban J connectivity index is 1.41. The predicted molar refractivity (Wildman–Crippen MR) is 121 cm³/mol. The first-order valence-electron chi connectivity index (χ1n) is 11.1. The van der Waals surface area contributed by atoms with Gasteiger partial charge in [-0.05, 0) is 36.1 Å². The maximum Gasteiger partial charge on any atom is 0.228 e. The number of amides is 2. The van der Waals surface area contributed by atoms with Gasteiger partial charge in [-0.1, -0.05) is 50.2 Å². The Labute approximate surface area is 179 Å². The molecule has 2 saturated heterocycles. The van der Waals surface area contributed by atoms with Gasteiger partial charge >= 0.3 is 0 Å². The molecule has 2 aliphatic heterocycles. The van der Waals surface area contributed by atoms with Crippen molar-refractivity contribution >= 4 is 23.2 Å². The van der Waals surface area contributed by atoms with E-state index < -0.39 is 0 Å². The zero-order chi connectivity index (χ0) is 21.1. The lowest BCUT2D eigenvalue weighted by Crippen LogP contribution is -2.50. The summed E-state index contributed by atoms with van der Waals surface area (Å²) in [5.74, 6) is 0.326. The van der Waals surface area contributed by atoms with E-state index in [1.807, 2.05) is 46.2 Å². The monoisotopic (exact) mass is 405 g/mol. The molecule has 2 atom stereocenters. The smallest absolute Gasteiger partial charge is 0.228 e. The Hall–Kier alpha value is -2.82. The molecule has 158 valence electrons. The van der Waals surface area contributed by atoms with Crippen molar-refractivity contribution in [1.82, 2.24) is 4.90 Å². The normalized spacial score (nSPS) is 20.5. The molecule has 30 heavy (non-hydrogen) atoms. The van der Waals surface area contributed by atoms with E-state index >= 15 is 0 Å². The largest absolute Gasteiger partial charge is 0.368 e. The third kappa shape index (κ3) is 4.07.